The van der Waals surface area contributed by atoms with E-state index >= 15 is 0 Å². The third-order valence-electron chi connectivity index (χ3n) is 3.15. The maximum Gasteiger partial charge on any atom is 0.305 e. The van der Waals surface area contributed by atoms with Gasteiger partial charge in [0.15, 0.2) is 0 Å². The Hall–Kier alpha value is -1.95. The molecule has 0 aliphatic carbocycles. The highest BCUT2D eigenvalue weighted by Gasteiger charge is 2.27. The number of nitro groups is 1. The minimum Gasteiger partial charge on any atom is -0.469 e. The van der Waals surface area contributed by atoms with Gasteiger partial charge < -0.3 is 9.47 Å². The number of methoxy groups -OCH3 is 2. The van der Waals surface area contributed by atoms with E-state index in [9.17, 15) is 14.9 Å². The molecule has 110 valence electrons. The first-order valence-electron chi connectivity index (χ1n) is 6.36. The lowest BCUT2D eigenvalue weighted by Crippen LogP contribution is -2.24. The summed E-state index contributed by atoms with van der Waals surface area (Å²) in [5.41, 5.74) is 0.889. The summed E-state index contributed by atoms with van der Waals surface area (Å²) in [5.74, 6) is -0.439. The van der Waals surface area contributed by atoms with Crippen LogP contribution in [0.1, 0.15) is 30.9 Å². The van der Waals surface area contributed by atoms with Gasteiger partial charge >= 0.3 is 5.97 Å². The van der Waals surface area contributed by atoms with Crippen LogP contribution in [0, 0.1) is 10.1 Å². The third-order valence-corrected chi connectivity index (χ3v) is 3.15. The van der Waals surface area contributed by atoms with Crippen molar-refractivity contribution in [3.63, 3.8) is 0 Å². The molecular formula is C14H19NO5. The Labute approximate surface area is 117 Å². The summed E-state index contributed by atoms with van der Waals surface area (Å²) in [7, 11) is 2.79. The second kappa shape index (κ2) is 8.27. The van der Waals surface area contributed by atoms with Gasteiger partial charge in [0.1, 0.15) is 0 Å². The Balaban J connectivity index is 2.68. The molecule has 0 aromatic heterocycles. The third kappa shape index (κ3) is 4.97. The molecule has 0 radical (unpaired) electrons. The molecule has 6 nitrogen and oxygen atoms in total. The average Bonchev–Trinajstić information content (AvgIpc) is 2.47. The van der Waals surface area contributed by atoms with E-state index in [2.05, 4.69) is 4.74 Å². The lowest BCUT2D eigenvalue weighted by molar-refractivity contribution is -0.526. The van der Waals surface area contributed by atoms with Gasteiger partial charge in [-0.05, 0) is 5.56 Å². The average molecular weight is 281 g/mol. The van der Waals surface area contributed by atoms with Crippen molar-refractivity contribution in [2.24, 2.45) is 0 Å². The van der Waals surface area contributed by atoms with Gasteiger partial charge in [0.25, 0.3) is 0 Å². The number of rotatable bonds is 8. The lowest BCUT2D eigenvalue weighted by Gasteiger charge is -2.18. The summed E-state index contributed by atoms with van der Waals surface area (Å²) in [5, 5.41) is 11.1. The van der Waals surface area contributed by atoms with E-state index in [0.717, 1.165) is 5.56 Å². The number of carbonyl (C=O) groups is 1. The molecule has 0 saturated carbocycles. The number of benzene rings is 1. The molecule has 6 heteroatoms. The minimum atomic E-state index is -0.834. The van der Waals surface area contributed by atoms with E-state index in [1.807, 2.05) is 30.3 Å². The first-order valence-corrected chi connectivity index (χ1v) is 6.36. The number of hydrogen-bond acceptors (Lipinski definition) is 5. The number of esters is 1. The molecule has 0 amide bonds. The smallest absolute Gasteiger partial charge is 0.305 e. The van der Waals surface area contributed by atoms with Crippen molar-refractivity contribution >= 4 is 5.97 Å². The zero-order valence-corrected chi connectivity index (χ0v) is 11.7. The predicted octanol–water partition coefficient (Wildman–Crippen LogP) is 2.36. The zero-order chi connectivity index (χ0) is 15.0. The Kier molecular flexibility index (Phi) is 6.66. The number of nitrogens with zero attached hydrogens (tertiary/aromatic N) is 1. The molecule has 0 aliphatic heterocycles. The van der Waals surface area contributed by atoms with E-state index in [1.165, 1.54) is 14.2 Å². The first-order chi connectivity index (χ1) is 9.58. The number of hydrogen-bond donors (Lipinski definition) is 0. The van der Waals surface area contributed by atoms with Gasteiger partial charge in [0.2, 0.25) is 6.04 Å². The minimum absolute atomic E-state index is 0.0351. The highest BCUT2D eigenvalue weighted by Crippen LogP contribution is 2.24. The van der Waals surface area contributed by atoms with Crippen molar-refractivity contribution in [1.29, 1.82) is 0 Å². The molecule has 0 spiro atoms. The van der Waals surface area contributed by atoms with Gasteiger partial charge in [0.05, 0.1) is 19.6 Å². The molecule has 0 aliphatic rings. The van der Waals surface area contributed by atoms with Crippen LogP contribution < -0.4 is 0 Å². The van der Waals surface area contributed by atoms with Crippen molar-refractivity contribution < 1.29 is 19.2 Å². The molecule has 1 aromatic rings. The number of ether oxygens (including phenoxy) is 2. The molecule has 0 heterocycles. The SMILES string of the molecule is COC(=O)CCC(CC(OC)c1ccccc1)[N+](=O)[O-]. The van der Waals surface area contributed by atoms with E-state index in [0.29, 0.717) is 0 Å². The van der Waals surface area contributed by atoms with Crippen molar-refractivity contribution in [3.05, 3.63) is 46.0 Å². The molecule has 1 aromatic carbocycles. The molecule has 2 unspecified atom stereocenters. The van der Waals surface area contributed by atoms with Crippen LogP contribution in [0.4, 0.5) is 0 Å². The quantitative estimate of drug-likeness (QED) is 0.415. The fourth-order valence-corrected chi connectivity index (χ4v) is 1.98. The summed E-state index contributed by atoms with van der Waals surface area (Å²) in [6.45, 7) is 0. The van der Waals surface area contributed by atoms with Crippen LogP contribution in [-0.2, 0) is 14.3 Å². The molecule has 0 bridgehead atoms. The topological polar surface area (TPSA) is 78.7 Å². The Bertz CT molecular complexity index is 434. The van der Waals surface area contributed by atoms with Gasteiger partial charge in [-0.1, -0.05) is 30.3 Å². The normalized spacial score (nSPS) is 13.5. The molecule has 20 heavy (non-hydrogen) atoms. The molecule has 0 saturated heterocycles. The maximum atomic E-state index is 11.1. The highest BCUT2D eigenvalue weighted by molar-refractivity contribution is 5.69. The summed E-state index contributed by atoms with van der Waals surface area (Å²) < 4.78 is 9.83. The van der Waals surface area contributed by atoms with Crippen LogP contribution in [0.5, 0.6) is 0 Å². The summed E-state index contributed by atoms with van der Waals surface area (Å²) in [6, 6.07) is 8.49. The van der Waals surface area contributed by atoms with Gasteiger partial charge in [-0.2, -0.15) is 0 Å². The second-order valence-corrected chi connectivity index (χ2v) is 4.42. The summed E-state index contributed by atoms with van der Waals surface area (Å²) in [6.07, 6.45) is 0.0498. The van der Waals surface area contributed by atoms with Crippen molar-refractivity contribution in [2.45, 2.75) is 31.4 Å². The van der Waals surface area contributed by atoms with Crippen LogP contribution in [-0.4, -0.2) is 31.2 Å². The van der Waals surface area contributed by atoms with Crippen LogP contribution in [0.15, 0.2) is 30.3 Å². The molecular weight excluding hydrogens is 262 g/mol. The van der Waals surface area contributed by atoms with Crippen molar-refractivity contribution in [3.8, 4) is 0 Å². The van der Waals surface area contributed by atoms with E-state index in [-0.39, 0.29) is 30.3 Å². The van der Waals surface area contributed by atoms with Crippen molar-refractivity contribution in [1.82, 2.24) is 0 Å². The fourth-order valence-electron chi connectivity index (χ4n) is 1.98. The van der Waals surface area contributed by atoms with Crippen LogP contribution in [0.25, 0.3) is 0 Å². The maximum absolute atomic E-state index is 11.1. The molecule has 0 fully saturated rings. The highest BCUT2D eigenvalue weighted by atomic mass is 16.6. The monoisotopic (exact) mass is 281 g/mol. The van der Waals surface area contributed by atoms with Gasteiger partial charge in [-0.15, -0.1) is 0 Å². The molecule has 1 rings (SSSR count). The summed E-state index contributed by atoms with van der Waals surface area (Å²) >= 11 is 0. The van der Waals surface area contributed by atoms with Gasteiger partial charge in [-0.3, -0.25) is 14.9 Å². The number of carbonyl (C=O) groups excluding carboxylic acids is 1. The van der Waals surface area contributed by atoms with E-state index < -0.39 is 12.0 Å². The van der Waals surface area contributed by atoms with E-state index in [4.69, 9.17) is 4.74 Å². The molecule has 0 N–H and O–H groups in total. The van der Waals surface area contributed by atoms with Crippen LogP contribution in [0.3, 0.4) is 0 Å². The fraction of sp³-hybridized carbons (Fsp3) is 0.500. The van der Waals surface area contributed by atoms with Crippen molar-refractivity contribution in [2.75, 3.05) is 14.2 Å². The Morgan fingerprint density at radius 1 is 1.30 bits per heavy atom. The van der Waals surface area contributed by atoms with Crippen LogP contribution >= 0.6 is 0 Å². The lowest BCUT2D eigenvalue weighted by atomic mass is 9.99. The van der Waals surface area contributed by atoms with Gasteiger partial charge in [-0.25, -0.2) is 0 Å². The molecule has 2 atom stereocenters. The van der Waals surface area contributed by atoms with Gasteiger partial charge in [0, 0.05) is 24.9 Å². The van der Waals surface area contributed by atoms with Crippen LogP contribution in [0.2, 0.25) is 0 Å². The standard InChI is InChI=1S/C14H19NO5/c1-19-13(11-6-4-3-5-7-11)10-12(15(17)18)8-9-14(16)20-2/h3-7,12-13H,8-10H2,1-2H3. The zero-order valence-electron chi connectivity index (χ0n) is 11.7. The first kappa shape index (κ1) is 16.1. The largest absolute Gasteiger partial charge is 0.469 e. The Morgan fingerprint density at radius 2 is 1.95 bits per heavy atom. The second-order valence-electron chi connectivity index (χ2n) is 4.42. The summed E-state index contributed by atoms with van der Waals surface area (Å²) in [4.78, 5) is 21.8. The Morgan fingerprint density at radius 3 is 2.45 bits per heavy atom. The predicted molar refractivity (Wildman–Crippen MR) is 72.8 cm³/mol. The van der Waals surface area contributed by atoms with E-state index in [1.54, 1.807) is 0 Å².